The molecule has 0 bridgehead atoms. The zero-order valence-electron chi connectivity index (χ0n) is 11.5. The lowest BCUT2D eigenvalue weighted by atomic mass is 9.99. The minimum atomic E-state index is -0.0799. The molecule has 2 unspecified atom stereocenters. The second kappa shape index (κ2) is 6.68. The molecule has 1 amide bonds. The molecule has 1 aliphatic rings. The van der Waals surface area contributed by atoms with E-state index in [9.17, 15) is 4.79 Å². The molecule has 0 saturated carbocycles. The average Bonchev–Trinajstić information content (AvgIpc) is 2.94. The summed E-state index contributed by atoms with van der Waals surface area (Å²) in [5.41, 5.74) is 3.67. The van der Waals surface area contributed by atoms with Gasteiger partial charge in [0.15, 0.2) is 0 Å². The molecule has 1 fully saturated rings. The van der Waals surface area contributed by atoms with Gasteiger partial charge in [-0.2, -0.15) is 0 Å². The summed E-state index contributed by atoms with van der Waals surface area (Å²) in [6.45, 7) is 4.02. The Morgan fingerprint density at radius 3 is 2.84 bits per heavy atom. The summed E-state index contributed by atoms with van der Waals surface area (Å²) >= 11 is 0. The van der Waals surface area contributed by atoms with Crippen LogP contribution in [0.25, 0.3) is 0 Å². The average molecular weight is 261 g/mol. The fourth-order valence-electron chi connectivity index (χ4n) is 2.92. The lowest BCUT2D eigenvalue weighted by molar-refractivity contribution is -0.126. The monoisotopic (exact) mass is 261 g/mol. The number of nitrogens with two attached hydrogens (primary N) is 1. The minimum Gasteiger partial charge on any atom is -0.293 e. The molecule has 0 radical (unpaired) electrons. The van der Waals surface area contributed by atoms with Crippen LogP contribution in [0.3, 0.4) is 0 Å². The summed E-state index contributed by atoms with van der Waals surface area (Å²) in [5.74, 6) is 5.76. The molecule has 4 heteroatoms. The highest BCUT2D eigenvalue weighted by atomic mass is 16.2. The van der Waals surface area contributed by atoms with Crippen molar-refractivity contribution >= 4 is 5.91 Å². The van der Waals surface area contributed by atoms with E-state index in [1.54, 1.807) is 0 Å². The summed E-state index contributed by atoms with van der Waals surface area (Å²) in [5, 5.41) is 0. The molecule has 19 heavy (non-hydrogen) atoms. The number of carbonyl (C=O) groups excluding carboxylic acids is 1. The van der Waals surface area contributed by atoms with Crippen molar-refractivity contribution in [1.29, 1.82) is 0 Å². The highest BCUT2D eigenvalue weighted by Gasteiger charge is 2.32. The molecule has 104 valence electrons. The van der Waals surface area contributed by atoms with E-state index < -0.39 is 0 Å². The van der Waals surface area contributed by atoms with Crippen molar-refractivity contribution in [2.45, 2.75) is 38.1 Å². The van der Waals surface area contributed by atoms with Crippen LogP contribution in [0.15, 0.2) is 30.3 Å². The third-order valence-electron chi connectivity index (χ3n) is 3.94. The first-order valence-electron chi connectivity index (χ1n) is 7.05. The van der Waals surface area contributed by atoms with Crippen LogP contribution < -0.4 is 11.3 Å². The maximum atomic E-state index is 11.9. The van der Waals surface area contributed by atoms with E-state index >= 15 is 0 Å². The number of benzene rings is 1. The third kappa shape index (κ3) is 3.33. The summed E-state index contributed by atoms with van der Waals surface area (Å²) in [6, 6.07) is 10.5. The van der Waals surface area contributed by atoms with E-state index in [2.05, 4.69) is 41.5 Å². The van der Waals surface area contributed by atoms with Gasteiger partial charge in [-0.25, -0.2) is 5.84 Å². The van der Waals surface area contributed by atoms with Gasteiger partial charge in [0, 0.05) is 6.54 Å². The highest BCUT2D eigenvalue weighted by molar-refractivity contribution is 5.81. The molecule has 2 rings (SSSR count). The van der Waals surface area contributed by atoms with Gasteiger partial charge in [0.2, 0.25) is 0 Å². The van der Waals surface area contributed by atoms with Crippen molar-refractivity contribution in [3.05, 3.63) is 35.9 Å². The van der Waals surface area contributed by atoms with Crippen LogP contribution in [-0.4, -0.2) is 29.9 Å². The van der Waals surface area contributed by atoms with E-state index in [4.69, 9.17) is 5.84 Å². The molecule has 0 aromatic heterocycles. The normalized spacial score (nSPS) is 21.3. The smallest absolute Gasteiger partial charge is 0.251 e. The molecule has 1 saturated heterocycles. The second-order valence-corrected chi connectivity index (χ2v) is 5.20. The number of hydrogen-bond acceptors (Lipinski definition) is 3. The van der Waals surface area contributed by atoms with Gasteiger partial charge in [-0.1, -0.05) is 43.7 Å². The fourth-order valence-corrected chi connectivity index (χ4v) is 2.92. The van der Waals surface area contributed by atoms with Crippen molar-refractivity contribution in [3.63, 3.8) is 0 Å². The zero-order valence-corrected chi connectivity index (χ0v) is 11.5. The van der Waals surface area contributed by atoms with Crippen LogP contribution in [0.2, 0.25) is 0 Å². The Hall–Kier alpha value is -1.39. The van der Waals surface area contributed by atoms with Crippen molar-refractivity contribution < 1.29 is 4.79 Å². The molecule has 2 atom stereocenters. The van der Waals surface area contributed by atoms with E-state index in [-0.39, 0.29) is 11.9 Å². The summed E-state index contributed by atoms with van der Waals surface area (Å²) in [6.07, 6.45) is 2.97. The summed E-state index contributed by atoms with van der Waals surface area (Å²) < 4.78 is 0. The van der Waals surface area contributed by atoms with E-state index in [1.807, 2.05) is 6.07 Å². The third-order valence-corrected chi connectivity index (χ3v) is 3.94. The predicted octanol–water partition coefficient (Wildman–Crippen LogP) is 1.63. The molecule has 0 spiro atoms. The molecule has 1 heterocycles. The molecule has 0 aliphatic carbocycles. The molecular weight excluding hydrogens is 238 g/mol. The van der Waals surface area contributed by atoms with E-state index in [0.29, 0.717) is 5.92 Å². The van der Waals surface area contributed by atoms with Crippen LogP contribution in [0, 0.1) is 0 Å². The number of likely N-dealkylation sites (tertiary alicyclic amines) is 1. The second-order valence-electron chi connectivity index (χ2n) is 5.20. The Morgan fingerprint density at radius 2 is 2.21 bits per heavy atom. The Labute approximate surface area is 114 Å². The number of amides is 1. The van der Waals surface area contributed by atoms with Gasteiger partial charge in [0.05, 0.1) is 6.04 Å². The molecular formula is C15H23N3O. The Balaban J connectivity index is 2.02. The largest absolute Gasteiger partial charge is 0.293 e. The molecule has 1 aromatic carbocycles. The Morgan fingerprint density at radius 1 is 1.47 bits per heavy atom. The molecule has 3 N–H and O–H groups in total. The van der Waals surface area contributed by atoms with Gasteiger partial charge in [0.25, 0.3) is 5.91 Å². The number of nitrogens with zero attached hydrogens (tertiary/aromatic N) is 1. The van der Waals surface area contributed by atoms with Crippen molar-refractivity contribution in [3.8, 4) is 0 Å². The Bertz CT molecular complexity index is 407. The van der Waals surface area contributed by atoms with Crippen molar-refractivity contribution in [2.75, 3.05) is 13.1 Å². The number of carbonyl (C=O) groups is 1. The molecule has 1 aliphatic heterocycles. The number of nitrogens with one attached hydrogen (secondary N) is 1. The first kappa shape index (κ1) is 14.0. The van der Waals surface area contributed by atoms with Gasteiger partial charge in [0.1, 0.15) is 0 Å². The maximum Gasteiger partial charge on any atom is 0.251 e. The summed E-state index contributed by atoms with van der Waals surface area (Å²) in [4.78, 5) is 14.1. The van der Waals surface area contributed by atoms with Crippen molar-refractivity contribution in [2.24, 2.45) is 5.84 Å². The number of rotatable bonds is 5. The Kier molecular flexibility index (Phi) is 4.93. The summed E-state index contributed by atoms with van der Waals surface area (Å²) in [7, 11) is 0. The quantitative estimate of drug-likeness (QED) is 0.481. The molecule has 1 aromatic rings. The SMILES string of the molecule is CCCC(C(=O)NN)N1CCC(c2ccccc2)C1. The minimum absolute atomic E-state index is 0.0597. The lowest BCUT2D eigenvalue weighted by Gasteiger charge is -2.26. The predicted molar refractivity (Wildman–Crippen MR) is 76.4 cm³/mol. The van der Waals surface area contributed by atoms with Crippen LogP contribution in [0.1, 0.15) is 37.7 Å². The maximum absolute atomic E-state index is 11.9. The van der Waals surface area contributed by atoms with E-state index in [0.717, 1.165) is 32.4 Å². The van der Waals surface area contributed by atoms with Crippen LogP contribution in [0.5, 0.6) is 0 Å². The van der Waals surface area contributed by atoms with E-state index in [1.165, 1.54) is 5.56 Å². The van der Waals surface area contributed by atoms with Gasteiger partial charge in [-0.15, -0.1) is 0 Å². The number of hydrogen-bond donors (Lipinski definition) is 2. The lowest BCUT2D eigenvalue weighted by Crippen LogP contribution is -2.48. The fraction of sp³-hybridized carbons (Fsp3) is 0.533. The van der Waals surface area contributed by atoms with Crippen molar-refractivity contribution in [1.82, 2.24) is 10.3 Å². The van der Waals surface area contributed by atoms with Crippen LogP contribution >= 0.6 is 0 Å². The number of hydrazine groups is 1. The van der Waals surface area contributed by atoms with Gasteiger partial charge < -0.3 is 0 Å². The standard InChI is InChI=1S/C15H23N3O/c1-2-6-14(15(19)17-16)18-10-9-13(11-18)12-7-4-3-5-8-12/h3-5,7-8,13-14H,2,6,9-11,16H2,1H3,(H,17,19). The topological polar surface area (TPSA) is 58.4 Å². The highest BCUT2D eigenvalue weighted by Crippen LogP contribution is 2.29. The first-order chi connectivity index (χ1) is 9.26. The molecule has 4 nitrogen and oxygen atoms in total. The van der Waals surface area contributed by atoms with Gasteiger partial charge in [-0.05, 0) is 30.9 Å². The van der Waals surface area contributed by atoms with Gasteiger partial charge in [-0.3, -0.25) is 15.1 Å². The van der Waals surface area contributed by atoms with Crippen LogP contribution in [0.4, 0.5) is 0 Å². The van der Waals surface area contributed by atoms with Crippen LogP contribution in [-0.2, 0) is 4.79 Å². The van der Waals surface area contributed by atoms with Gasteiger partial charge >= 0.3 is 0 Å². The zero-order chi connectivity index (χ0) is 13.7. The first-order valence-corrected chi connectivity index (χ1v) is 7.05.